The van der Waals surface area contributed by atoms with E-state index in [1.165, 1.54) is 0 Å². The zero-order valence-electron chi connectivity index (χ0n) is 19.7. The quantitative estimate of drug-likeness (QED) is 0.211. The molecule has 7 N–H and O–H groups in total. The van der Waals surface area contributed by atoms with Crippen molar-refractivity contribution in [3.8, 4) is 0 Å². The lowest BCUT2D eigenvalue weighted by molar-refractivity contribution is -0.144. The van der Waals surface area contributed by atoms with Gasteiger partial charge in [-0.2, -0.15) is 0 Å². The molecule has 11 nitrogen and oxygen atoms in total. The van der Waals surface area contributed by atoms with Gasteiger partial charge in [0, 0.05) is 0 Å². The van der Waals surface area contributed by atoms with Crippen molar-refractivity contribution < 1.29 is 34.2 Å². The molecule has 0 heterocycles. The van der Waals surface area contributed by atoms with Gasteiger partial charge in [0.05, 0.1) is 12.5 Å². The van der Waals surface area contributed by atoms with Crippen LogP contribution in [0.5, 0.6) is 0 Å². The van der Waals surface area contributed by atoms with E-state index in [9.17, 15) is 29.1 Å². The first-order chi connectivity index (χ1) is 14.8. The van der Waals surface area contributed by atoms with Crippen molar-refractivity contribution in [2.24, 2.45) is 23.5 Å². The van der Waals surface area contributed by atoms with Crippen molar-refractivity contribution in [1.29, 1.82) is 0 Å². The Morgan fingerprint density at radius 2 is 1.12 bits per heavy atom. The van der Waals surface area contributed by atoms with Crippen LogP contribution in [0.4, 0.5) is 0 Å². The smallest absolute Gasteiger partial charge is 0.326 e. The van der Waals surface area contributed by atoms with Crippen LogP contribution in [0.25, 0.3) is 0 Å². The SMILES string of the molecule is CCC(C)C(NC(=O)C(NC(=O)C(NC(=O)C(N)CC(=O)O)C(C)C)C(C)CC)C(=O)O. The summed E-state index contributed by atoms with van der Waals surface area (Å²) >= 11 is 0. The number of hydrogen-bond acceptors (Lipinski definition) is 6. The molecule has 0 aliphatic carbocycles. The zero-order valence-corrected chi connectivity index (χ0v) is 19.7. The van der Waals surface area contributed by atoms with E-state index in [1.54, 1.807) is 27.7 Å². The number of amides is 3. The van der Waals surface area contributed by atoms with E-state index in [1.807, 2.05) is 13.8 Å². The van der Waals surface area contributed by atoms with Crippen molar-refractivity contribution in [2.75, 3.05) is 0 Å². The number of carboxylic acids is 2. The molecule has 0 spiro atoms. The van der Waals surface area contributed by atoms with Gasteiger partial charge in [-0.3, -0.25) is 19.2 Å². The third kappa shape index (κ3) is 9.21. The first-order valence-corrected chi connectivity index (χ1v) is 10.9. The summed E-state index contributed by atoms with van der Waals surface area (Å²) in [6.07, 6.45) is 0.472. The number of hydrogen-bond donors (Lipinski definition) is 6. The zero-order chi connectivity index (χ0) is 25.2. The Balaban J connectivity index is 5.54. The standard InChI is InChI=1S/C21H38N4O7/c1-7-11(5)16(20(30)25-17(21(31)32)12(6)8-2)24-19(29)15(10(3)4)23-18(28)13(22)9-14(26)27/h10-13,15-17H,7-9,22H2,1-6H3,(H,23,28)(H,24,29)(H,25,30)(H,26,27)(H,31,32). The second kappa shape index (κ2) is 13.7. The lowest BCUT2D eigenvalue weighted by Crippen LogP contribution is -2.60. The molecule has 0 aliphatic heterocycles. The largest absolute Gasteiger partial charge is 0.481 e. The van der Waals surface area contributed by atoms with E-state index in [0.29, 0.717) is 12.8 Å². The maximum absolute atomic E-state index is 12.9. The second-order valence-corrected chi connectivity index (χ2v) is 8.52. The maximum Gasteiger partial charge on any atom is 0.326 e. The Labute approximate surface area is 188 Å². The first-order valence-electron chi connectivity index (χ1n) is 10.9. The molecule has 0 aromatic rings. The van der Waals surface area contributed by atoms with Crippen molar-refractivity contribution in [1.82, 2.24) is 16.0 Å². The van der Waals surface area contributed by atoms with Crippen LogP contribution in [0.2, 0.25) is 0 Å². The molecule has 0 saturated heterocycles. The number of carbonyl (C=O) groups excluding carboxylic acids is 3. The minimum atomic E-state index is -1.33. The summed E-state index contributed by atoms with van der Waals surface area (Å²) in [6.45, 7) is 10.4. The average molecular weight is 459 g/mol. The van der Waals surface area contributed by atoms with Crippen molar-refractivity contribution in [3.05, 3.63) is 0 Å². The topological polar surface area (TPSA) is 188 Å². The molecule has 0 fully saturated rings. The van der Waals surface area contributed by atoms with E-state index in [2.05, 4.69) is 16.0 Å². The lowest BCUT2D eigenvalue weighted by Gasteiger charge is -2.30. The Bertz CT molecular complexity index is 683. The number of aliphatic carboxylic acids is 2. The Kier molecular flexibility index (Phi) is 12.5. The van der Waals surface area contributed by atoms with E-state index in [4.69, 9.17) is 10.8 Å². The van der Waals surface area contributed by atoms with Gasteiger partial charge in [0.2, 0.25) is 17.7 Å². The van der Waals surface area contributed by atoms with Crippen LogP contribution in [0, 0.1) is 17.8 Å². The summed E-state index contributed by atoms with van der Waals surface area (Å²) in [4.78, 5) is 60.4. The fourth-order valence-electron chi connectivity index (χ4n) is 2.95. The third-order valence-corrected chi connectivity index (χ3v) is 5.55. The Morgan fingerprint density at radius 1 is 0.719 bits per heavy atom. The maximum atomic E-state index is 12.9. The summed E-state index contributed by atoms with van der Waals surface area (Å²) < 4.78 is 0. The highest BCUT2D eigenvalue weighted by atomic mass is 16.4. The molecular weight excluding hydrogens is 420 g/mol. The highest BCUT2D eigenvalue weighted by molar-refractivity contribution is 5.95. The Morgan fingerprint density at radius 3 is 1.53 bits per heavy atom. The third-order valence-electron chi connectivity index (χ3n) is 5.55. The molecule has 0 saturated carbocycles. The fourth-order valence-corrected chi connectivity index (χ4v) is 2.95. The van der Waals surface area contributed by atoms with E-state index < -0.39 is 60.2 Å². The molecule has 6 unspecified atom stereocenters. The first kappa shape index (κ1) is 29.3. The van der Waals surface area contributed by atoms with Crippen LogP contribution in [0.1, 0.15) is 60.8 Å². The van der Waals surface area contributed by atoms with Gasteiger partial charge in [-0.15, -0.1) is 0 Å². The van der Waals surface area contributed by atoms with Gasteiger partial charge in [-0.05, 0) is 17.8 Å². The highest BCUT2D eigenvalue weighted by Gasteiger charge is 2.34. The van der Waals surface area contributed by atoms with Gasteiger partial charge < -0.3 is 31.9 Å². The molecule has 3 amide bonds. The molecule has 0 aromatic carbocycles. The molecule has 11 heteroatoms. The van der Waals surface area contributed by atoms with Crippen LogP contribution >= 0.6 is 0 Å². The molecule has 0 aliphatic rings. The van der Waals surface area contributed by atoms with Crippen LogP contribution in [-0.2, 0) is 24.0 Å². The fraction of sp³-hybridized carbons (Fsp3) is 0.762. The van der Waals surface area contributed by atoms with Crippen LogP contribution in [-0.4, -0.2) is 64.0 Å². The van der Waals surface area contributed by atoms with Crippen LogP contribution in [0.15, 0.2) is 0 Å². The summed E-state index contributed by atoms with van der Waals surface area (Å²) in [5.74, 6) is -5.51. The predicted molar refractivity (Wildman–Crippen MR) is 117 cm³/mol. The van der Waals surface area contributed by atoms with E-state index in [-0.39, 0.29) is 17.8 Å². The second-order valence-electron chi connectivity index (χ2n) is 8.52. The van der Waals surface area contributed by atoms with Crippen molar-refractivity contribution in [2.45, 2.75) is 85.0 Å². The molecule has 0 aromatic heterocycles. The Hall–Kier alpha value is -2.69. The lowest BCUT2D eigenvalue weighted by atomic mass is 9.94. The van der Waals surface area contributed by atoms with Crippen molar-refractivity contribution >= 4 is 29.7 Å². The summed E-state index contributed by atoms with van der Waals surface area (Å²) in [5.41, 5.74) is 5.57. The van der Waals surface area contributed by atoms with Gasteiger partial charge in [0.25, 0.3) is 0 Å². The van der Waals surface area contributed by atoms with Gasteiger partial charge >= 0.3 is 11.9 Å². The van der Waals surface area contributed by atoms with Crippen LogP contribution in [0.3, 0.4) is 0 Å². The van der Waals surface area contributed by atoms with Crippen molar-refractivity contribution in [3.63, 3.8) is 0 Å². The molecule has 32 heavy (non-hydrogen) atoms. The van der Waals surface area contributed by atoms with Gasteiger partial charge in [-0.25, -0.2) is 4.79 Å². The summed E-state index contributed by atoms with van der Waals surface area (Å²) in [5, 5.41) is 25.8. The number of carboxylic acid groups (broad SMARTS) is 2. The van der Waals surface area contributed by atoms with E-state index in [0.717, 1.165) is 0 Å². The number of nitrogens with one attached hydrogen (secondary N) is 3. The van der Waals surface area contributed by atoms with Gasteiger partial charge in [-0.1, -0.05) is 54.4 Å². The summed E-state index contributed by atoms with van der Waals surface area (Å²) in [7, 11) is 0. The number of carbonyl (C=O) groups is 5. The monoisotopic (exact) mass is 458 g/mol. The molecule has 0 radical (unpaired) electrons. The highest BCUT2D eigenvalue weighted by Crippen LogP contribution is 2.13. The number of rotatable bonds is 14. The molecule has 184 valence electrons. The summed E-state index contributed by atoms with van der Waals surface area (Å²) in [6, 6.07) is -4.52. The van der Waals surface area contributed by atoms with Gasteiger partial charge in [0.15, 0.2) is 0 Å². The van der Waals surface area contributed by atoms with E-state index >= 15 is 0 Å². The van der Waals surface area contributed by atoms with Gasteiger partial charge in [0.1, 0.15) is 18.1 Å². The average Bonchev–Trinajstić information content (AvgIpc) is 2.71. The molecular formula is C21H38N4O7. The van der Waals surface area contributed by atoms with Crippen LogP contribution < -0.4 is 21.7 Å². The minimum Gasteiger partial charge on any atom is -0.481 e. The molecule has 0 rings (SSSR count). The molecule has 6 atom stereocenters. The number of nitrogens with two attached hydrogens (primary N) is 1. The minimum absolute atomic E-state index is 0.317. The molecule has 0 bridgehead atoms. The normalized spacial score (nSPS) is 16.8. The predicted octanol–water partition coefficient (Wildman–Crippen LogP) is 0.0756.